The Hall–Kier alpha value is -0.946. The van der Waals surface area contributed by atoms with E-state index in [0.717, 1.165) is 30.8 Å². The Morgan fingerprint density at radius 2 is 1.27 bits per heavy atom. The summed E-state index contributed by atoms with van der Waals surface area (Å²) in [6.45, 7) is 22.5. The topological polar surface area (TPSA) is 183 Å². The minimum Gasteiger partial charge on any atom is -1.00 e. The van der Waals surface area contributed by atoms with Gasteiger partial charge in [-0.3, -0.25) is 14.4 Å². The van der Waals surface area contributed by atoms with Crippen LogP contribution in [0.1, 0.15) is 66.9 Å². The molecule has 0 aliphatic carbocycles. The van der Waals surface area contributed by atoms with E-state index in [-0.39, 0.29) is 90.6 Å². The van der Waals surface area contributed by atoms with E-state index >= 15 is 0 Å². The van der Waals surface area contributed by atoms with Crippen LogP contribution in [0.15, 0.2) is 48.5 Å². The van der Waals surface area contributed by atoms with Crippen molar-refractivity contribution in [1.29, 1.82) is 0 Å². The van der Waals surface area contributed by atoms with Crippen LogP contribution in [0.5, 0.6) is 11.5 Å². The summed E-state index contributed by atoms with van der Waals surface area (Å²) in [5, 5.41) is 43.4. The number of benzene rings is 2. The number of rotatable bonds is 7. The minimum absolute atomic E-state index is 0. The predicted molar refractivity (Wildman–Crippen MR) is 188 cm³/mol. The van der Waals surface area contributed by atoms with E-state index in [4.69, 9.17) is 50.7 Å². The molecule has 1 saturated heterocycles. The van der Waals surface area contributed by atoms with E-state index < -0.39 is 33.9 Å². The van der Waals surface area contributed by atoms with Gasteiger partial charge in [0.1, 0.15) is 11.5 Å². The summed E-state index contributed by atoms with van der Waals surface area (Å²) >= 11 is 6.15. The number of carbonyl (C=O) groups excluding carboxylic acids is 1. The van der Waals surface area contributed by atoms with Crippen molar-refractivity contribution in [3.05, 3.63) is 59.7 Å². The number of phenolic OH excluding ortho intramolecular Hbond substituents is 1. The first-order valence-corrected chi connectivity index (χ1v) is 22.0. The first-order valence-electron chi connectivity index (χ1n) is 15.1. The summed E-state index contributed by atoms with van der Waals surface area (Å²) in [5.74, 6) is -0.696. The van der Waals surface area contributed by atoms with Gasteiger partial charge in [-0.05, 0) is 65.0 Å². The van der Waals surface area contributed by atoms with Crippen molar-refractivity contribution in [2.45, 2.75) is 110 Å². The monoisotopic (exact) mass is 764 g/mol. The van der Waals surface area contributed by atoms with Crippen molar-refractivity contribution in [1.82, 2.24) is 0 Å². The zero-order chi connectivity index (χ0) is 37.1. The van der Waals surface area contributed by atoms with Gasteiger partial charge in [0, 0.05) is 13.0 Å². The molecule has 0 spiro atoms. The van der Waals surface area contributed by atoms with Crippen LogP contribution in [0, 0.1) is 0 Å². The number of carboxylic acid groups (broad SMARTS) is 2. The van der Waals surface area contributed by atoms with Crippen molar-refractivity contribution in [3.63, 3.8) is 0 Å². The van der Waals surface area contributed by atoms with Crippen LogP contribution in [0.2, 0.25) is 36.3 Å². The summed E-state index contributed by atoms with van der Waals surface area (Å²) in [4.78, 5) is 32.0. The number of halogens is 1. The van der Waals surface area contributed by atoms with Crippen molar-refractivity contribution < 1.29 is 115 Å². The molecule has 3 rings (SSSR count). The molecular formula is C33H55ClNa2O11Si2. The number of ether oxygens (including phenoxy) is 1. The molecule has 1 atom stereocenters. The van der Waals surface area contributed by atoms with Crippen LogP contribution >= 0.6 is 11.1 Å². The van der Waals surface area contributed by atoms with Gasteiger partial charge in [-0.1, -0.05) is 78.9 Å². The number of hydrogen-bond acceptors (Lipinski definition) is 9. The number of aliphatic hydroxyl groups is 1. The molecule has 16 heteroatoms. The predicted octanol–water partition coefficient (Wildman–Crippen LogP) is 0.618. The van der Waals surface area contributed by atoms with Crippen LogP contribution in [0.25, 0.3) is 0 Å². The average molecular weight is 765 g/mol. The molecule has 1 heterocycles. The van der Waals surface area contributed by atoms with E-state index in [2.05, 4.69) is 72.6 Å². The standard InChI is InChI=1S/C14H22O3Si.C8H8O3.C6H15ClSi.C4H8O2.CH2O3.2Na.H/c1-14(2,3)18(4,5)17-12-8-6-11(7-9-12)10-13(15)16;9-7-3-1-6(2-4-7)5-8(10)11;1-6(2,3)8(4,5)7;5-4-2-1-3-6-4;2-1-4-3;;;/h6-9H,10H2,1-5H3,(H,15,16);1-4,9H,5H2,(H,10,11);1-5H3;4-5H,1-3H2;1,3H;;;/q;;;;;2*+1;-1/p-1. The minimum atomic E-state index is -1.81. The Morgan fingerprint density at radius 3 is 1.49 bits per heavy atom. The Morgan fingerprint density at radius 1 is 0.898 bits per heavy atom. The van der Waals surface area contributed by atoms with E-state index in [1.165, 1.54) is 12.1 Å². The maximum atomic E-state index is 10.6. The third-order valence-corrected chi connectivity index (χ3v) is 17.1. The summed E-state index contributed by atoms with van der Waals surface area (Å²) in [7, 11) is -3.20. The van der Waals surface area contributed by atoms with Gasteiger partial charge in [0.05, 0.1) is 12.8 Å². The molecule has 4 N–H and O–H groups in total. The summed E-state index contributed by atoms with van der Waals surface area (Å²) in [6.07, 6.45) is 1.44. The zero-order valence-electron chi connectivity index (χ0n) is 32.3. The van der Waals surface area contributed by atoms with Gasteiger partial charge in [-0.2, -0.15) is 11.1 Å². The number of carboxylic acids is 2. The first-order chi connectivity index (χ1) is 21.4. The van der Waals surface area contributed by atoms with Crippen molar-refractivity contribution in [2.24, 2.45) is 0 Å². The zero-order valence-corrected chi connectivity index (χ0v) is 38.1. The maximum absolute atomic E-state index is 10.6. The summed E-state index contributed by atoms with van der Waals surface area (Å²) in [6, 6.07) is 13.5. The second kappa shape index (κ2) is 26.8. The fourth-order valence-corrected chi connectivity index (χ4v) is 3.68. The van der Waals surface area contributed by atoms with Crippen molar-refractivity contribution in [2.75, 3.05) is 6.61 Å². The van der Waals surface area contributed by atoms with Gasteiger partial charge < -0.3 is 41.2 Å². The van der Waals surface area contributed by atoms with Gasteiger partial charge in [-0.15, -0.1) is 0 Å². The molecule has 1 aliphatic rings. The van der Waals surface area contributed by atoms with Crippen LogP contribution in [0.4, 0.5) is 0 Å². The van der Waals surface area contributed by atoms with E-state index in [0.29, 0.717) is 10.6 Å². The fourth-order valence-electron chi connectivity index (χ4n) is 2.65. The van der Waals surface area contributed by atoms with Crippen molar-refractivity contribution in [3.8, 4) is 11.5 Å². The van der Waals surface area contributed by atoms with E-state index in [1.54, 1.807) is 12.1 Å². The second-order valence-electron chi connectivity index (χ2n) is 13.7. The molecule has 1 fully saturated rings. The van der Waals surface area contributed by atoms with Gasteiger partial charge in [-0.25, -0.2) is 0 Å². The first kappa shape index (κ1) is 54.8. The number of aliphatic hydroxyl groups excluding tert-OH is 1. The maximum Gasteiger partial charge on any atom is 1.00 e. The Kier molecular flexibility index (Phi) is 30.0. The SMILES string of the molecule is CC(C)(C)[Si](C)(C)Cl.CC(C)(C)[Si](C)(C)Oc1ccc(CC(=O)O)cc1.O=C(O)Cc1ccc(O)cc1.O=CO[O-].OC1CCCO1.[H-].[Na+].[Na+]. The molecule has 0 saturated carbocycles. The molecule has 2 aromatic carbocycles. The van der Waals surface area contributed by atoms with Gasteiger partial charge in [0.25, 0.3) is 6.47 Å². The molecule has 0 bridgehead atoms. The van der Waals surface area contributed by atoms with Gasteiger partial charge in [0.2, 0.25) is 8.32 Å². The molecule has 11 nitrogen and oxygen atoms in total. The number of phenols is 1. The summed E-state index contributed by atoms with van der Waals surface area (Å²) in [5.41, 5.74) is 1.49. The van der Waals surface area contributed by atoms with E-state index in [1.807, 2.05) is 24.3 Å². The van der Waals surface area contributed by atoms with Crippen LogP contribution in [0.3, 0.4) is 0 Å². The van der Waals surface area contributed by atoms with Gasteiger partial charge in [0.15, 0.2) is 13.7 Å². The van der Waals surface area contributed by atoms with E-state index in [9.17, 15) is 9.59 Å². The molecule has 0 amide bonds. The molecule has 270 valence electrons. The number of aromatic hydroxyl groups is 1. The third kappa shape index (κ3) is 28.3. The third-order valence-electron chi connectivity index (χ3n) is 7.48. The van der Waals surface area contributed by atoms with Gasteiger partial charge >= 0.3 is 71.1 Å². The van der Waals surface area contributed by atoms with Crippen molar-refractivity contribution >= 4 is 45.2 Å². The number of aliphatic carboxylic acids is 2. The normalized spacial score (nSPS) is 13.6. The quantitative estimate of drug-likeness (QED) is 0.102. The summed E-state index contributed by atoms with van der Waals surface area (Å²) < 4.78 is 10.8. The second-order valence-corrected chi connectivity index (χ2v) is 25.7. The Labute approximate surface area is 344 Å². The Bertz CT molecular complexity index is 1170. The molecule has 49 heavy (non-hydrogen) atoms. The molecule has 1 aliphatic heterocycles. The average Bonchev–Trinajstić information content (AvgIpc) is 3.41. The number of hydrogen-bond donors (Lipinski definition) is 4. The fraction of sp³-hybridized carbons (Fsp3) is 0.545. The van der Waals surface area contributed by atoms with Crippen LogP contribution < -0.4 is 68.8 Å². The Balaban J connectivity index is -0.000000182. The molecule has 1 unspecified atom stereocenters. The number of carbonyl (C=O) groups is 3. The molecule has 2 aromatic rings. The molecular weight excluding hydrogens is 710 g/mol. The molecule has 0 aromatic heterocycles. The smallest absolute Gasteiger partial charge is 1.00 e. The largest absolute Gasteiger partial charge is 1.00 e. The van der Waals surface area contributed by atoms with Crippen LogP contribution in [-0.2, 0) is 36.8 Å². The van der Waals surface area contributed by atoms with Crippen LogP contribution in [-0.4, -0.2) is 67.4 Å². The molecule has 0 radical (unpaired) electrons.